The first-order chi connectivity index (χ1) is 15.9. The molecule has 4 aromatic rings. The van der Waals surface area contributed by atoms with E-state index in [1.807, 2.05) is 66.7 Å². The Kier molecular flexibility index (Phi) is 6.91. The second-order valence-corrected chi connectivity index (χ2v) is 9.17. The third-order valence-corrected chi connectivity index (χ3v) is 6.55. The minimum absolute atomic E-state index is 0.136. The molecule has 0 bridgehead atoms. The van der Waals surface area contributed by atoms with Crippen LogP contribution >= 0.6 is 11.3 Å². The Balaban J connectivity index is 1.44. The number of thiazole rings is 1. The van der Waals surface area contributed by atoms with Gasteiger partial charge in [-0.2, -0.15) is 0 Å². The van der Waals surface area contributed by atoms with Crippen molar-refractivity contribution in [2.45, 2.75) is 0 Å². The Bertz CT molecular complexity index is 1230. The summed E-state index contributed by atoms with van der Waals surface area (Å²) in [5, 5.41) is 3.98. The summed E-state index contributed by atoms with van der Waals surface area (Å²) in [5.74, 6) is 0.684. The van der Waals surface area contributed by atoms with Crippen LogP contribution in [0.2, 0.25) is 0 Å². The van der Waals surface area contributed by atoms with Crippen LogP contribution in [-0.4, -0.2) is 57.1 Å². The molecule has 0 spiro atoms. The molecule has 6 nitrogen and oxygen atoms in total. The van der Waals surface area contributed by atoms with Gasteiger partial charge in [-0.3, -0.25) is 4.79 Å². The highest BCUT2D eigenvalue weighted by atomic mass is 32.1. The smallest absolute Gasteiger partial charge is 0.255 e. The van der Waals surface area contributed by atoms with Gasteiger partial charge in [-0.25, -0.2) is 4.98 Å². The zero-order valence-corrected chi connectivity index (χ0v) is 20.1. The number of nitrogens with one attached hydrogen (secondary N) is 1. The van der Waals surface area contributed by atoms with Crippen molar-refractivity contribution < 1.29 is 9.53 Å². The molecular formula is C26H28N4O2S. The number of aromatic nitrogens is 1. The number of hydrogen-bond acceptors (Lipinski definition) is 6. The zero-order valence-electron chi connectivity index (χ0n) is 19.3. The highest BCUT2D eigenvalue weighted by molar-refractivity contribution is 7.22. The van der Waals surface area contributed by atoms with Crippen molar-refractivity contribution in [1.29, 1.82) is 0 Å². The summed E-state index contributed by atoms with van der Waals surface area (Å²) in [6.45, 7) is 1.87. The Morgan fingerprint density at radius 2 is 1.61 bits per heavy atom. The van der Waals surface area contributed by atoms with Crippen LogP contribution in [0.15, 0.2) is 66.7 Å². The number of carbonyl (C=O) groups excluding carboxylic acids is 1. The third kappa shape index (κ3) is 5.50. The number of likely N-dealkylation sites (N-methyl/N-ethyl adjacent to an activating group) is 2. The number of ether oxygens (including phenoxy) is 1. The lowest BCUT2D eigenvalue weighted by Gasteiger charge is -2.18. The van der Waals surface area contributed by atoms with Gasteiger partial charge in [0.1, 0.15) is 5.75 Å². The van der Waals surface area contributed by atoms with Crippen molar-refractivity contribution in [3.63, 3.8) is 0 Å². The number of amides is 1. The Morgan fingerprint density at radius 3 is 2.24 bits per heavy atom. The predicted molar refractivity (Wildman–Crippen MR) is 138 cm³/mol. The Labute approximate surface area is 198 Å². The van der Waals surface area contributed by atoms with Gasteiger partial charge in [0.05, 0.1) is 17.3 Å². The van der Waals surface area contributed by atoms with E-state index < -0.39 is 0 Å². The van der Waals surface area contributed by atoms with Gasteiger partial charge in [0, 0.05) is 31.4 Å². The number of benzene rings is 3. The van der Waals surface area contributed by atoms with Gasteiger partial charge >= 0.3 is 0 Å². The standard InChI is InChI=1S/C26H28N4O2S/c1-29(2)15-16-30(3)26-28-23-14-11-21(17-24(23)33-26)27-25(31)20-7-5-18(6-8-20)19-9-12-22(32-4)13-10-19/h5-14,17H,15-16H2,1-4H3,(H,27,31). The van der Waals surface area contributed by atoms with Gasteiger partial charge in [0.2, 0.25) is 0 Å². The monoisotopic (exact) mass is 460 g/mol. The molecule has 0 atom stereocenters. The van der Waals surface area contributed by atoms with Crippen LogP contribution in [-0.2, 0) is 0 Å². The SMILES string of the molecule is COc1ccc(-c2ccc(C(=O)Nc3ccc4nc(N(C)CCN(C)C)sc4c3)cc2)cc1. The summed E-state index contributed by atoms with van der Waals surface area (Å²) >= 11 is 1.63. The van der Waals surface area contributed by atoms with Crippen LogP contribution in [0.1, 0.15) is 10.4 Å². The van der Waals surface area contributed by atoms with Crippen molar-refractivity contribution in [2.75, 3.05) is 51.6 Å². The average Bonchev–Trinajstić information content (AvgIpc) is 3.26. The maximum absolute atomic E-state index is 12.8. The molecule has 0 saturated heterocycles. The number of methoxy groups -OCH3 is 1. The quantitative estimate of drug-likeness (QED) is 0.391. The van der Waals surface area contributed by atoms with Gasteiger partial charge in [0.15, 0.2) is 5.13 Å². The number of carbonyl (C=O) groups is 1. The van der Waals surface area contributed by atoms with Crippen molar-refractivity contribution >= 4 is 38.3 Å². The molecule has 0 fully saturated rings. The summed E-state index contributed by atoms with van der Waals surface area (Å²) in [7, 11) is 7.83. The van der Waals surface area contributed by atoms with Crippen molar-refractivity contribution in [3.8, 4) is 16.9 Å². The highest BCUT2D eigenvalue weighted by Crippen LogP contribution is 2.30. The molecular weight excluding hydrogens is 432 g/mol. The van der Waals surface area contributed by atoms with E-state index in [2.05, 4.69) is 36.3 Å². The summed E-state index contributed by atoms with van der Waals surface area (Å²) in [6, 6.07) is 21.3. The molecule has 0 aliphatic rings. The predicted octanol–water partition coefficient (Wildman–Crippen LogP) is 5.22. The summed E-state index contributed by atoms with van der Waals surface area (Å²) < 4.78 is 6.26. The van der Waals surface area contributed by atoms with Crippen LogP contribution in [0, 0.1) is 0 Å². The number of rotatable bonds is 8. The minimum atomic E-state index is -0.136. The fraction of sp³-hybridized carbons (Fsp3) is 0.231. The fourth-order valence-corrected chi connectivity index (χ4v) is 4.39. The normalized spacial score (nSPS) is 11.1. The van der Waals surface area contributed by atoms with Crippen molar-refractivity contribution in [3.05, 3.63) is 72.3 Å². The number of anilines is 2. The molecule has 33 heavy (non-hydrogen) atoms. The molecule has 1 heterocycles. The first-order valence-corrected chi connectivity index (χ1v) is 11.6. The van der Waals surface area contributed by atoms with E-state index in [9.17, 15) is 4.79 Å². The lowest BCUT2D eigenvalue weighted by atomic mass is 10.0. The molecule has 0 radical (unpaired) electrons. The van der Waals surface area contributed by atoms with Gasteiger partial charge in [0.25, 0.3) is 5.91 Å². The van der Waals surface area contributed by atoms with Crippen LogP contribution in [0.4, 0.5) is 10.8 Å². The lowest BCUT2D eigenvalue weighted by molar-refractivity contribution is 0.102. The lowest BCUT2D eigenvalue weighted by Crippen LogP contribution is -2.28. The van der Waals surface area contributed by atoms with E-state index in [0.717, 1.165) is 51.0 Å². The molecule has 0 aliphatic heterocycles. The average molecular weight is 461 g/mol. The van der Waals surface area contributed by atoms with Gasteiger partial charge in [-0.1, -0.05) is 35.6 Å². The van der Waals surface area contributed by atoms with Crippen LogP contribution in [0.3, 0.4) is 0 Å². The van der Waals surface area contributed by atoms with Gasteiger partial charge in [-0.05, 0) is 67.7 Å². The largest absolute Gasteiger partial charge is 0.497 e. The van der Waals surface area contributed by atoms with Gasteiger partial charge < -0.3 is 19.9 Å². The maximum Gasteiger partial charge on any atom is 0.255 e. The van der Waals surface area contributed by atoms with E-state index in [1.165, 1.54) is 0 Å². The molecule has 0 aliphatic carbocycles. The molecule has 0 saturated carbocycles. The van der Waals surface area contributed by atoms with E-state index >= 15 is 0 Å². The first kappa shape index (κ1) is 22.8. The molecule has 0 unspecified atom stereocenters. The first-order valence-electron chi connectivity index (χ1n) is 10.8. The van der Waals surface area contributed by atoms with Crippen LogP contribution in [0.5, 0.6) is 5.75 Å². The number of hydrogen-bond donors (Lipinski definition) is 1. The van der Waals surface area contributed by atoms with E-state index in [1.54, 1.807) is 18.4 Å². The molecule has 1 amide bonds. The maximum atomic E-state index is 12.8. The number of nitrogens with zero attached hydrogens (tertiary/aromatic N) is 3. The minimum Gasteiger partial charge on any atom is -0.497 e. The molecule has 3 aromatic carbocycles. The third-order valence-electron chi connectivity index (χ3n) is 5.41. The molecule has 4 rings (SSSR count). The van der Waals surface area contributed by atoms with Crippen LogP contribution in [0.25, 0.3) is 21.3 Å². The fourth-order valence-electron chi connectivity index (χ4n) is 3.40. The zero-order chi connectivity index (χ0) is 23.4. The van der Waals surface area contributed by atoms with Gasteiger partial charge in [-0.15, -0.1) is 0 Å². The summed E-state index contributed by atoms with van der Waals surface area (Å²) in [5.41, 5.74) is 4.43. The van der Waals surface area contributed by atoms with Crippen LogP contribution < -0.4 is 15.0 Å². The second kappa shape index (κ2) is 10.0. The van der Waals surface area contributed by atoms with Crippen molar-refractivity contribution in [2.24, 2.45) is 0 Å². The summed E-state index contributed by atoms with van der Waals surface area (Å²) in [6.07, 6.45) is 0. The Hall–Kier alpha value is -3.42. The molecule has 1 aromatic heterocycles. The highest BCUT2D eigenvalue weighted by Gasteiger charge is 2.11. The van der Waals surface area contributed by atoms with E-state index in [4.69, 9.17) is 9.72 Å². The topological polar surface area (TPSA) is 57.7 Å². The summed E-state index contributed by atoms with van der Waals surface area (Å²) in [4.78, 5) is 21.8. The molecule has 170 valence electrons. The molecule has 7 heteroatoms. The van der Waals surface area contributed by atoms with E-state index in [-0.39, 0.29) is 5.91 Å². The number of fused-ring (bicyclic) bond motifs is 1. The van der Waals surface area contributed by atoms with Crippen molar-refractivity contribution in [1.82, 2.24) is 9.88 Å². The molecule has 1 N–H and O–H groups in total. The second-order valence-electron chi connectivity index (χ2n) is 8.16. The Morgan fingerprint density at radius 1 is 0.939 bits per heavy atom. The van der Waals surface area contributed by atoms with E-state index in [0.29, 0.717) is 5.56 Å².